The van der Waals surface area contributed by atoms with Crippen molar-refractivity contribution in [2.75, 3.05) is 44.4 Å². The largest absolute Gasteiger partial charge is 0.398 e. The number of nitrogen functional groups attached to an aromatic ring is 1. The maximum absolute atomic E-state index is 6.01. The lowest BCUT2D eigenvalue weighted by Gasteiger charge is -2.29. The molecular weight excluding hydrogens is 222 g/mol. The van der Waals surface area contributed by atoms with Crippen LogP contribution in [0, 0.1) is 12.8 Å². The molecule has 102 valence electrons. The average Bonchev–Trinajstić information content (AvgIpc) is 2.27. The van der Waals surface area contributed by atoms with E-state index >= 15 is 0 Å². The van der Waals surface area contributed by atoms with Crippen LogP contribution >= 0.6 is 0 Å². The van der Waals surface area contributed by atoms with E-state index in [0.717, 1.165) is 25.3 Å². The highest BCUT2D eigenvalue weighted by molar-refractivity contribution is 5.64. The van der Waals surface area contributed by atoms with Gasteiger partial charge in [0.1, 0.15) is 0 Å². The summed E-state index contributed by atoms with van der Waals surface area (Å²) in [7, 11) is 4.22. The third-order valence-corrected chi connectivity index (χ3v) is 3.09. The molecule has 18 heavy (non-hydrogen) atoms. The first kappa shape index (κ1) is 14.8. The first-order valence-corrected chi connectivity index (χ1v) is 6.66. The molecule has 1 rings (SSSR count). The highest BCUT2D eigenvalue weighted by Gasteiger charge is 2.12. The third-order valence-electron chi connectivity index (χ3n) is 3.09. The molecule has 0 atom stereocenters. The maximum Gasteiger partial charge on any atom is 0.0417 e. The van der Waals surface area contributed by atoms with Crippen molar-refractivity contribution in [3.05, 3.63) is 23.8 Å². The molecule has 0 bridgehead atoms. The molecule has 0 spiro atoms. The molecule has 0 fully saturated rings. The van der Waals surface area contributed by atoms with E-state index in [4.69, 9.17) is 5.73 Å². The third kappa shape index (κ3) is 4.22. The summed E-state index contributed by atoms with van der Waals surface area (Å²) < 4.78 is 0. The minimum Gasteiger partial charge on any atom is -0.398 e. The summed E-state index contributed by atoms with van der Waals surface area (Å²) in [6.45, 7) is 9.77. The molecule has 0 aliphatic heterocycles. The summed E-state index contributed by atoms with van der Waals surface area (Å²) in [6.07, 6.45) is 0. The second kappa shape index (κ2) is 6.64. The summed E-state index contributed by atoms with van der Waals surface area (Å²) in [5.74, 6) is 0.646. The van der Waals surface area contributed by atoms with Gasteiger partial charge in [-0.2, -0.15) is 0 Å². The number of rotatable bonds is 6. The number of anilines is 2. The Balaban J connectivity index is 2.90. The van der Waals surface area contributed by atoms with Crippen LogP contribution in [-0.2, 0) is 0 Å². The second-order valence-corrected chi connectivity index (χ2v) is 5.63. The van der Waals surface area contributed by atoms with E-state index in [-0.39, 0.29) is 0 Å². The van der Waals surface area contributed by atoms with Crippen molar-refractivity contribution < 1.29 is 0 Å². The van der Waals surface area contributed by atoms with E-state index in [1.54, 1.807) is 0 Å². The van der Waals surface area contributed by atoms with E-state index in [2.05, 4.69) is 50.7 Å². The molecule has 0 aliphatic rings. The van der Waals surface area contributed by atoms with Crippen LogP contribution in [0.5, 0.6) is 0 Å². The van der Waals surface area contributed by atoms with Gasteiger partial charge in [0.25, 0.3) is 0 Å². The number of nitrogens with zero attached hydrogens (tertiary/aromatic N) is 2. The molecule has 0 saturated carbocycles. The van der Waals surface area contributed by atoms with Gasteiger partial charge in [0.15, 0.2) is 0 Å². The standard InChI is InChI=1S/C15H27N3/c1-12(2)11-18(10-9-17(4)5)15-8-6-7-14(16)13(15)3/h6-8,12H,9-11,16H2,1-5H3. The summed E-state index contributed by atoms with van der Waals surface area (Å²) in [5, 5.41) is 0. The topological polar surface area (TPSA) is 32.5 Å². The molecule has 2 N–H and O–H groups in total. The lowest BCUT2D eigenvalue weighted by atomic mass is 10.1. The quantitative estimate of drug-likeness (QED) is 0.787. The van der Waals surface area contributed by atoms with Crippen molar-refractivity contribution in [3.8, 4) is 0 Å². The van der Waals surface area contributed by atoms with Crippen molar-refractivity contribution >= 4 is 11.4 Å². The SMILES string of the molecule is Cc1c(N)cccc1N(CCN(C)C)CC(C)C. The minimum absolute atomic E-state index is 0.646. The molecule has 1 aromatic rings. The van der Waals surface area contributed by atoms with Crippen molar-refractivity contribution in [2.45, 2.75) is 20.8 Å². The van der Waals surface area contributed by atoms with Crippen LogP contribution in [0.2, 0.25) is 0 Å². The fourth-order valence-electron chi connectivity index (χ4n) is 2.05. The van der Waals surface area contributed by atoms with Crippen molar-refractivity contribution in [1.29, 1.82) is 0 Å². The Morgan fingerprint density at radius 3 is 2.39 bits per heavy atom. The predicted molar refractivity (Wildman–Crippen MR) is 81.2 cm³/mol. The van der Waals surface area contributed by atoms with Crippen molar-refractivity contribution in [3.63, 3.8) is 0 Å². The molecule has 0 aliphatic carbocycles. The number of hydrogen-bond donors (Lipinski definition) is 1. The fourth-order valence-corrected chi connectivity index (χ4v) is 2.05. The van der Waals surface area contributed by atoms with E-state index in [9.17, 15) is 0 Å². The van der Waals surface area contributed by atoms with Gasteiger partial charge in [0, 0.05) is 31.0 Å². The van der Waals surface area contributed by atoms with Gasteiger partial charge in [-0.3, -0.25) is 0 Å². The molecule has 0 amide bonds. The molecule has 1 aromatic carbocycles. The Morgan fingerprint density at radius 2 is 1.83 bits per heavy atom. The monoisotopic (exact) mass is 249 g/mol. The van der Waals surface area contributed by atoms with Gasteiger partial charge in [-0.25, -0.2) is 0 Å². The first-order chi connectivity index (χ1) is 8.41. The van der Waals surface area contributed by atoms with E-state index in [1.807, 2.05) is 12.1 Å². The molecular formula is C15H27N3. The molecule has 0 heterocycles. The zero-order valence-corrected chi connectivity index (χ0v) is 12.4. The van der Waals surface area contributed by atoms with Crippen LogP contribution < -0.4 is 10.6 Å². The first-order valence-electron chi connectivity index (χ1n) is 6.66. The Bertz CT molecular complexity index is 372. The lowest BCUT2D eigenvalue weighted by molar-refractivity contribution is 0.409. The molecule has 3 nitrogen and oxygen atoms in total. The van der Waals surface area contributed by atoms with Crippen LogP contribution in [0.25, 0.3) is 0 Å². The zero-order valence-electron chi connectivity index (χ0n) is 12.4. The Labute approximate surface area is 112 Å². The molecule has 0 aromatic heterocycles. The van der Waals surface area contributed by atoms with Crippen LogP contribution in [0.1, 0.15) is 19.4 Å². The molecule has 0 radical (unpaired) electrons. The van der Waals surface area contributed by atoms with Crippen molar-refractivity contribution in [2.24, 2.45) is 5.92 Å². The van der Waals surface area contributed by atoms with E-state index < -0.39 is 0 Å². The van der Waals surface area contributed by atoms with Crippen LogP contribution in [-0.4, -0.2) is 38.6 Å². The smallest absolute Gasteiger partial charge is 0.0417 e. The highest BCUT2D eigenvalue weighted by Crippen LogP contribution is 2.25. The van der Waals surface area contributed by atoms with Gasteiger partial charge >= 0.3 is 0 Å². The van der Waals surface area contributed by atoms with Gasteiger partial charge in [0.05, 0.1) is 0 Å². The van der Waals surface area contributed by atoms with Crippen LogP contribution in [0.15, 0.2) is 18.2 Å². The zero-order chi connectivity index (χ0) is 13.7. The molecule has 0 saturated heterocycles. The van der Waals surface area contributed by atoms with Gasteiger partial charge < -0.3 is 15.5 Å². The minimum atomic E-state index is 0.646. The van der Waals surface area contributed by atoms with Crippen LogP contribution in [0.4, 0.5) is 11.4 Å². The highest BCUT2D eigenvalue weighted by atomic mass is 15.2. The maximum atomic E-state index is 6.01. The number of hydrogen-bond acceptors (Lipinski definition) is 3. The van der Waals surface area contributed by atoms with Gasteiger partial charge in [0.2, 0.25) is 0 Å². The summed E-state index contributed by atoms with van der Waals surface area (Å²) in [6, 6.07) is 6.18. The van der Waals surface area contributed by atoms with Gasteiger partial charge in [-0.1, -0.05) is 19.9 Å². The Kier molecular flexibility index (Phi) is 5.48. The van der Waals surface area contributed by atoms with E-state index in [1.165, 1.54) is 11.3 Å². The second-order valence-electron chi connectivity index (χ2n) is 5.63. The summed E-state index contributed by atoms with van der Waals surface area (Å²) in [4.78, 5) is 4.66. The summed E-state index contributed by atoms with van der Waals surface area (Å²) in [5.41, 5.74) is 9.35. The fraction of sp³-hybridized carbons (Fsp3) is 0.600. The molecule has 3 heteroatoms. The molecule has 0 unspecified atom stereocenters. The Hall–Kier alpha value is -1.22. The number of nitrogens with two attached hydrogens (primary N) is 1. The lowest BCUT2D eigenvalue weighted by Crippen LogP contribution is -2.34. The van der Waals surface area contributed by atoms with E-state index in [0.29, 0.717) is 5.92 Å². The average molecular weight is 249 g/mol. The normalized spacial score (nSPS) is 11.3. The van der Waals surface area contributed by atoms with Gasteiger partial charge in [-0.15, -0.1) is 0 Å². The van der Waals surface area contributed by atoms with Gasteiger partial charge in [-0.05, 0) is 44.6 Å². The number of likely N-dealkylation sites (N-methyl/N-ethyl adjacent to an activating group) is 1. The Morgan fingerprint density at radius 1 is 1.17 bits per heavy atom. The summed E-state index contributed by atoms with van der Waals surface area (Å²) >= 11 is 0. The number of benzene rings is 1. The predicted octanol–water partition coefficient (Wildman–Crippen LogP) is 2.60. The van der Waals surface area contributed by atoms with Crippen molar-refractivity contribution in [1.82, 2.24) is 4.90 Å². The van der Waals surface area contributed by atoms with Crippen LogP contribution in [0.3, 0.4) is 0 Å².